The Balaban J connectivity index is 2.04. The van der Waals surface area contributed by atoms with Crippen molar-refractivity contribution < 1.29 is 22.7 Å². The second-order valence-corrected chi connectivity index (χ2v) is 4.24. The Kier molecular flexibility index (Phi) is 3.59. The molecular formula is C11H12F3N3O2. The summed E-state index contributed by atoms with van der Waals surface area (Å²) in [5, 5.41) is 0. The van der Waals surface area contributed by atoms with Crippen LogP contribution < -0.4 is 4.74 Å². The highest BCUT2D eigenvalue weighted by molar-refractivity contribution is 5.93. The SMILES string of the molecule is COc1ncc(C(=O)N2CCC(C(F)(F)F)C2)cn1. The van der Waals surface area contributed by atoms with Crippen LogP contribution in [0.2, 0.25) is 0 Å². The van der Waals surface area contributed by atoms with E-state index in [1.54, 1.807) is 0 Å². The number of aromatic nitrogens is 2. The minimum atomic E-state index is -4.26. The Morgan fingerprint density at radius 3 is 2.53 bits per heavy atom. The lowest BCUT2D eigenvalue weighted by Gasteiger charge is -2.17. The van der Waals surface area contributed by atoms with E-state index >= 15 is 0 Å². The van der Waals surface area contributed by atoms with Crippen molar-refractivity contribution in [1.29, 1.82) is 0 Å². The zero-order chi connectivity index (χ0) is 14.0. The molecule has 1 unspecified atom stereocenters. The molecule has 1 aliphatic heterocycles. The zero-order valence-corrected chi connectivity index (χ0v) is 10.1. The number of hydrogen-bond acceptors (Lipinski definition) is 4. The van der Waals surface area contributed by atoms with Gasteiger partial charge in [-0.25, -0.2) is 9.97 Å². The summed E-state index contributed by atoms with van der Waals surface area (Å²) < 4.78 is 42.3. The van der Waals surface area contributed by atoms with Gasteiger partial charge < -0.3 is 9.64 Å². The van der Waals surface area contributed by atoms with Crippen LogP contribution in [0.4, 0.5) is 13.2 Å². The minimum Gasteiger partial charge on any atom is -0.467 e. The lowest BCUT2D eigenvalue weighted by Crippen LogP contribution is -2.32. The summed E-state index contributed by atoms with van der Waals surface area (Å²) in [4.78, 5) is 20.6. The maximum Gasteiger partial charge on any atom is 0.393 e. The average Bonchev–Trinajstić information content (AvgIpc) is 2.87. The Labute approximate surface area is 107 Å². The number of ether oxygens (including phenoxy) is 1. The van der Waals surface area contributed by atoms with Crippen molar-refractivity contribution in [1.82, 2.24) is 14.9 Å². The molecule has 0 aliphatic carbocycles. The maximum absolute atomic E-state index is 12.5. The van der Waals surface area contributed by atoms with E-state index in [1.807, 2.05) is 0 Å². The first-order valence-electron chi connectivity index (χ1n) is 5.64. The van der Waals surface area contributed by atoms with Crippen LogP contribution in [0.5, 0.6) is 6.01 Å². The highest BCUT2D eigenvalue weighted by Gasteiger charge is 2.44. The number of likely N-dealkylation sites (tertiary alicyclic amines) is 1. The average molecular weight is 275 g/mol. The number of amides is 1. The number of carbonyl (C=O) groups excluding carboxylic acids is 1. The Morgan fingerprint density at radius 1 is 1.42 bits per heavy atom. The number of rotatable bonds is 2. The molecule has 1 amide bonds. The molecular weight excluding hydrogens is 263 g/mol. The lowest BCUT2D eigenvalue weighted by atomic mass is 10.1. The molecule has 1 atom stereocenters. The van der Waals surface area contributed by atoms with Gasteiger partial charge in [-0.05, 0) is 6.42 Å². The molecule has 5 nitrogen and oxygen atoms in total. The second kappa shape index (κ2) is 5.02. The molecule has 1 aromatic rings. The molecule has 0 bridgehead atoms. The number of alkyl halides is 3. The van der Waals surface area contributed by atoms with Gasteiger partial charge >= 0.3 is 12.2 Å². The zero-order valence-electron chi connectivity index (χ0n) is 10.1. The van der Waals surface area contributed by atoms with Crippen molar-refractivity contribution in [3.63, 3.8) is 0 Å². The normalized spacial score (nSPS) is 19.6. The number of hydrogen-bond donors (Lipinski definition) is 0. The van der Waals surface area contributed by atoms with Crippen LogP contribution in [0.15, 0.2) is 12.4 Å². The second-order valence-electron chi connectivity index (χ2n) is 4.24. The highest BCUT2D eigenvalue weighted by Crippen LogP contribution is 2.33. The van der Waals surface area contributed by atoms with E-state index in [9.17, 15) is 18.0 Å². The molecule has 0 N–H and O–H groups in total. The summed E-state index contributed by atoms with van der Waals surface area (Å²) in [5.41, 5.74) is 0.156. The number of carbonyl (C=O) groups is 1. The summed E-state index contributed by atoms with van der Waals surface area (Å²) >= 11 is 0. The third kappa shape index (κ3) is 2.94. The molecule has 0 spiro atoms. The van der Waals surface area contributed by atoms with Crippen molar-refractivity contribution in [2.45, 2.75) is 12.6 Å². The van der Waals surface area contributed by atoms with Crippen LogP contribution in [-0.4, -0.2) is 47.2 Å². The first kappa shape index (κ1) is 13.6. The van der Waals surface area contributed by atoms with E-state index < -0.39 is 18.0 Å². The van der Waals surface area contributed by atoms with Crippen molar-refractivity contribution >= 4 is 5.91 Å². The van der Waals surface area contributed by atoms with Gasteiger partial charge in [0.15, 0.2) is 0 Å². The number of halogens is 3. The summed E-state index contributed by atoms with van der Waals surface area (Å²) in [6.07, 6.45) is -1.83. The summed E-state index contributed by atoms with van der Waals surface area (Å²) in [7, 11) is 1.38. The predicted molar refractivity (Wildman–Crippen MR) is 58.6 cm³/mol. The monoisotopic (exact) mass is 275 g/mol. The van der Waals surface area contributed by atoms with E-state index in [0.717, 1.165) is 0 Å². The molecule has 1 aromatic heterocycles. The smallest absolute Gasteiger partial charge is 0.393 e. The molecule has 19 heavy (non-hydrogen) atoms. The standard InChI is InChI=1S/C11H12F3N3O2/c1-19-10-15-4-7(5-16-10)9(18)17-3-2-8(6-17)11(12,13)14/h4-5,8H,2-3,6H2,1H3. The topological polar surface area (TPSA) is 55.3 Å². The minimum absolute atomic E-state index is 0.0632. The van der Waals surface area contributed by atoms with E-state index in [0.29, 0.717) is 0 Å². The summed E-state index contributed by atoms with van der Waals surface area (Å²) in [6.45, 7) is -0.219. The molecule has 8 heteroatoms. The molecule has 1 aliphatic rings. The molecule has 1 fully saturated rings. The molecule has 0 aromatic carbocycles. The molecule has 1 saturated heterocycles. The highest BCUT2D eigenvalue weighted by atomic mass is 19.4. The fourth-order valence-electron chi connectivity index (χ4n) is 1.93. The third-order valence-electron chi connectivity index (χ3n) is 3.00. The van der Waals surface area contributed by atoms with Gasteiger partial charge in [-0.3, -0.25) is 4.79 Å². The summed E-state index contributed by atoms with van der Waals surface area (Å²) in [5.74, 6) is -1.94. The Morgan fingerprint density at radius 2 is 2.05 bits per heavy atom. The fourth-order valence-corrected chi connectivity index (χ4v) is 1.93. The third-order valence-corrected chi connectivity index (χ3v) is 3.00. The van der Waals surface area contributed by atoms with E-state index in [2.05, 4.69) is 9.97 Å². The van der Waals surface area contributed by atoms with Gasteiger partial charge in [0.25, 0.3) is 5.91 Å². The molecule has 0 saturated carbocycles. The van der Waals surface area contributed by atoms with Gasteiger partial charge in [0.05, 0.1) is 18.6 Å². The molecule has 2 heterocycles. The van der Waals surface area contributed by atoms with E-state index in [1.165, 1.54) is 24.4 Å². The van der Waals surface area contributed by atoms with Gasteiger partial charge in [-0.15, -0.1) is 0 Å². The van der Waals surface area contributed by atoms with Crippen molar-refractivity contribution in [3.8, 4) is 6.01 Å². The van der Waals surface area contributed by atoms with Crippen LogP contribution in [0.3, 0.4) is 0 Å². The predicted octanol–water partition coefficient (Wildman–Crippen LogP) is 1.51. The maximum atomic E-state index is 12.5. The Bertz CT molecular complexity index is 461. The molecule has 2 rings (SSSR count). The summed E-state index contributed by atoms with van der Waals surface area (Å²) in [6, 6.07) is 0.103. The Hall–Kier alpha value is -1.86. The largest absolute Gasteiger partial charge is 0.467 e. The van der Waals surface area contributed by atoms with Gasteiger partial charge in [-0.2, -0.15) is 13.2 Å². The van der Waals surface area contributed by atoms with Crippen LogP contribution in [0, 0.1) is 5.92 Å². The first-order valence-corrected chi connectivity index (χ1v) is 5.64. The van der Waals surface area contributed by atoms with Crippen LogP contribution in [0.1, 0.15) is 16.8 Å². The van der Waals surface area contributed by atoms with Gasteiger partial charge in [0.2, 0.25) is 0 Å². The van der Waals surface area contributed by atoms with Crippen molar-refractivity contribution in [3.05, 3.63) is 18.0 Å². The van der Waals surface area contributed by atoms with Crippen molar-refractivity contribution in [2.24, 2.45) is 5.92 Å². The quantitative estimate of drug-likeness (QED) is 0.821. The van der Waals surface area contributed by atoms with Crippen LogP contribution in [-0.2, 0) is 0 Å². The van der Waals surface area contributed by atoms with Crippen LogP contribution >= 0.6 is 0 Å². The van der Waals surface area contributed by atoms with Gasteiger partial charge in [0.1, 0.15) is 0 Å². The molecule has 0 radical (unpaired) electrons. The van der Waals surface area contributed by atoms with Gasteiger partial charge in [-0.1, -0.05) is 0 Å². The first-order chi connectivity index (χ1) is 8.91. The lowest BCUT2D eigenvalue weighted by molar-refractivity contribution is -0.169. The van der Waals surface area contributed by atoms with Gasteiger partial charge in [0, 0.05) is 25.5 Å². The fraction of sp³-hybridized carbons (Fsp3) is 0.545. The van der Waals surface area contributed by atoms with E-state index in [-0.39, 0.29) is 31.1 Å². The van der Waals surface area contributed by atoms with Crippen molar-refractivity contribution in [2.75, 3.05) is 20.2 Å². The molecule has 104 valence electrons. The number of nitrogens with zero attached hydrogens (tertiary/aromatic N) is 3. The van der Waals surface area contributed by atoms with E-state index in [4.69, 9.17) is 4.74 Å². The number of methoxy groups -OCH3 is 1. The van der Waals surface area contributed by atoms with Crippen LogP contribution in [0.25, 0.3) is 0 Å².